The van der Waals surface area contributed by atoms with Crippen LogP contribution in [0.25, 0.3) is 0 Å². The molecule has 3 N–H and O–H groups in total. The lowest BCUT2D eigenvalue weighted by molar-refractivity contribution is 0.0697. The van der Waals surface area contributed by atoms with Crippen LogP contribution in [-0.4, -0.2) is 23.0 Å². The zero-order valence-corrected chi connectivity index (χ0v) is 12.9. The lowest BCUT2D eigenvalue weighted by Crippen LogP contribution is -2.01. The molecular weight excluding hydrogens is 296 g/mol. The van der Waals surface area contributed by atoms with Crippen LogP contribution in [0.2, 0.25) is 0 Å². The summed E-state index contributed by atoms with van der Waals surface area (Å²) < 4.78 is 0. The summed E-state index contributed by atoms with van der Waals surface area (Å²) >= 11 is 1.64. The van der Waals surface area contributed by atoms with Gasteiger partial charge in [-0.1, -0.05) is 24.3 Å². The molecule has 0 atom stereocenters. The molecule has 22 heavy (non-hydrogen) atoms. The van der Waals surface area contributed by atoms with Crippen LogP contribution in [0.3, 0.4) is 0 Å². The molecule has 0 bridgehead atoms. The van der Waals surface area contributed by atoms with E-state index in [1.165, 1.54) is 12.1 Å². The fourth-order valence-electron chi connectivity index (χ4n) is 1.89. The Balaban J connectivity index is 2.08. The number of anilines is 1. The SMILES string of the molecule is CSc1ccccc1N/C=C\C(=N)c1cccc(C(=O)O)c1. The Bertz CT molecular complexity index is 726. The van der Waals surface area contributed by atoms with E-state index in [4.69, 9.17) is 10.5 Å². The summed E-state index contributed by atoms with van der Waals surface area (Å²) in [5.74, 6) is -0.995. The minimum Gasteiger partial charge on any atom is -0.478 e. The van der Waals surface area contributed by atoms with E-state index in [-0.39, 0.29) is 11.3 Å². The molecule has 0 aliphatic carbocycles. The van der Waals surface area contributed by atoms with E-state index in [0.29, 0.717) is 5.56 Å². The number of rotatable bonds is 6. The molecule has 0 heterocycles. The second-order valence-electron chi connectivity index (χ2n) is 4.48. The molecule has 5 heteroatoms. The fourth-order valence-corrected chi connectivity index (χ4v) is 2.46. The molecule has 2 rings (SSSR count). The van der Waals surface area contributed by atoms with Crippen LogP contribution in [-0.2, 0) is 0 Å². The van der Waals surface area contributed by atoms with E-state index >= 15 is 0 Å². The molecule has 0 fully saturated rings. The van der Waals surface area contributed by atoms with Gasteiger partial charge in [-0.25, -0.2) is 4.79 Å². The van der Waals surface area contributed by atoms with Crippen molar-refractivity contribution in [2.24, 2.45) is 0 Å². The van der Waals surface area contributed by atoms with Gasteiger partial charge in [0.15, 0.2) is 0 Å². The van der Waals surface area contributed by atoms with E-state index in [1.54, 1.807) is 36.2 Å². The molecule has 0 unspecified atom stereocenters. The summed E-state index contributed by atoms with van der Waals surface area (Å²) in [4.78, 5) is 12.1. The molecule has 0 saturated heterocycles. The topological polar surface area (TPSA) is 73.2 Å². The molecule has 2 aromatic carbocycles. The first-order valence-corrected chi connectivity index (χ1v) is 7.82. The van der Waals surface area contributed by atoms with Crippen molar-refractivity contribution in [3.63, 3.8) is 0 Å². The predicted molar refractivity (Wildman–Crippen MR) is 91.2 cm³/mol. The summed E-state index contributed by atoms with van der Waals surface area (Å²) in [6.45, 7) is 0. The number of allylic oxidation sites excluding steroid dienone is 1. The van der Waals surface area contributed by atoms with Gasteiger partial charge in [0.05, 0.1) is 17.0 Å². The summed E-state index contributed by atoms with van der Waals surface area (Å²) in [5, 5.41) is 20.1. The fraction of sp³-hybridized carbons (Fsp3) is 0.0588. The average Bonchev–Trinajstić information content (AvgIpc) is 2.55. The third-order valence-electron chi connectivity index (χ3n) is 3.02. The number of aromatic carboxylic acids is 1. The number of nitrogens with one attached hydrogen (secondary N) is 2. The van der Waals surface area contributed by atoms with Crippen molar-refractivity contribution in [1.82, 2.24) is 0 Å². The molecule has 2 aromatic rings. The Morgan fingerprint density at radius 1 is 1.18 bits per heavy atom. The van der Waals surface area contributed by atoms with Gasteiger partial charge in [-0.3, -0.25) is 0 Å². The second kappa shape index (κ2) is 7.47. The Hall–Kier alpha value is -2.53. The molecular formula is C17H16N2O2S. The van der Waals surface area contributed by atoms with Crippen LogP contribution in [0, 0.1) is 5.41 Å². The number of hydrogen-bond donors (Lipinski definition) is 3. The Kier molecular flexibility index (Phi) is 5.38. The second-order valence-corrected chi connectivity index (χ2v) is 5.33. The minimum atomic E-state index is -0.995. The molecule has 0 radical (unpaired) electrons. The monoisotopic (exact) mass is 312 g/mol. The van der Waals surface area contributed by atoms with Crippen molar-refractivity contribution >= 4 is 29.1 Å². The van der Waals surface area contributed by atoms with E-state index < -0.39 is 5.97 Å². The van der Waals surface area contributed by atoms with Crippen LogP contribution in [0.4, 0.5) is 5.69 Å². The molecule has 112 valence electrons. The summed E-state index contributed by atoms with van der Waals surface area (Å²) in [7, 11) is 0. The number of benzene rings is 2. The summed E-state index contributed by atoms with van der Waals surface area (Å²) in [5.41, 5.74) is 1.96. The maximum atomic E-state index is 10.9. The predicted octanol–water partition coefficient (Wildman–Crippen LogP) is 4.10. The largest absolute Gasteiger partial charge is 0.478 e. The third kappa shape index (κ3) is 3.99. The van der Waals surface area contributed by atoms with Crippen molar-refractivity contribution in [2.45, 2.75) is 4.90 Å². The quantitative estimate of drug-likeness (QED) is 0.554. The first-order valence-electron chi connectivity index (χ1n) is 6.60. The Morgan fingerprint density at radius 2 is 1.91 bits per heavy atom. The van der Waals surface area contributed by atoms with Crippen molar-refractivity contribution in [1.29, 1.82) is 5.41 Å². The van der Waals surface area contributed by atoms with Crippen LogP contribution < -0.4 is 5.32 Å². The highest BCUT2D eigenvalue weighted by molar-refractivity contribution is 7.98. The maximum Gasteiger partial charge on any atom is 0.335 e. The van der Waals surface area contributed by atoms with E-state index in [0.717, 1.165) is 10.6 Å². The van der Waals surface area contributed by atoms with Gasteiger partial charge in [-0.05, 0) is 36.6 Å². The molecule has 0 aromatic heterocycles. The Morgan fingerprint density at radius 3 is 2.64 bits per heavy atom. The van der Waals surface area contributed by atoms with Gasteiger partial charge >= 0.3 is 5.97 Å². The number of para-hydroxylation sites is 1. The molecule has 0 spiro atoms. The van der Waals surface area contributed by atoms with Gasteiger partial charge in [0.25, 0.3) is 0 Å². The van der Waals surface area contributed by atoms with Gasteiger partial charge in [0, 0.05) is 16.7 Å². The number of carbonyl (C=O) groups is 1. The average molecular weight is 312 g/mol. The first kappa shape index (κ1) is 15.9. The lowest BCUT2D eigenvalue weighted by Gasteiger charge is -2.06. The van der Waals surface area contributed by atoms with Gasteiger partial charge in [0.2, 0.25) is 0 Å². The van der Waals surface area contributed by atoms with Crippen LogP contribution in [0.1, 0.15) is 15.9 Å². The number of hydrogen-bond acceptors (Lipinski definition) is 4. The van der Waals surface area contributed by atoms with Crippen molar-refractivity contribution in [2.75, 3.05) is 11.6 Å². The number of carboxylic acids is 1. The van der Waals surface area contributed by atoms with Crippen molar-refractivity contribution < 1.29 is 9.90 Å². The molecule has 0 aliphatic heterocycles. The first-order chi connectivity index (χ1) is 10.6. The van der Waals surface area contributed by atoms with Crippen LogP contribution in [0.5, 0.6) is 0 Å². The van der Waals surface area contributed by atoms with Gasteiger partial charge < -0.3 is 15.8 Å². The van der Waals surface area contributed by atoms with Crippen LogP contribution >= 0.6 is 11.8 Å². The van der Waals surface area contributed by atoms with E-state index in [1.807, 2.05) is 30.5 Å². The highest BCUT2D eigenvalue weighted by Gasteiger charge is 2.05. The number of carboxylic acid groups (broad SMARTS) is 1. The molecule has 0 aliphatic rings. The standard InChI is InChI=1S/C17H16N2O2S/c1-22-16-8-3-2-7-15(16)19-10-9-14(18)12-5-4-6-13(11-12)17(20)21/h2-11,18-19H,1H3,(H,20,21)/b10-9-,18-14?. The van der Waals surface area contributed by atoms with Gasteiger partial charge in [0.1, 0.15) is 0 Å². The smallest absolute Gasteiger partial charge is 0.335 e. The van der Waals surface area contributed by atoms with Gasteiger partial charge in [-0.15, -0.1) is 11.8 Å². The Labute approximate surface area is 133 Å². The zero-order valence-electron chi connectivity index (χ0n) is 12.0. The minimum absolute atomic E-state index is 0.177. The summed E-state index contributed by atoms with van der Waals surface area (Å²) in [6, 6.07) is 14.2. The third-order valence-corrected chi connectivity index (χ3v) is 3.81. The normalized spacial score (nSPS) is 10.6. The summed E-state index contributed by atoms with van der Waals surface area (Å²) in [6.07, 6.45) is 5.30. The molecule has 0 amide bonds. The zero-order chi connectivity index (χ0) is 15.9. The lowest BCUT2D eigenvalue weighted by atomic mass is 10.1. The maximum absolute atomic E-state index is 10.9. The van der Waals surface area contributed by atoms with E-state index in [2.05, 4.69) is 5.32 Å². The van der Waals surface area contributed by atoms with Gasteiger partial charge in [-0.2, -0.15) is 0 Å². The number of thioether (sulfide) groups is 1. The molecule has 0 saturated carbocycles. The van der Waals surface area contributed by atoms with Crippen LogP contribution in [0.15, 0.2) is 65.7 Å². The van der Waals surface area contributed by atoms with Crippen molar-refractivity contribution in [3.05, 3.63) is 71.9 Å². The highest BCUT2D eigenvalue weighted by Crippen LogP contribution is 2.24. The molecule has 4 nitrogen and oxygen atoms in total. The highest BCUT2D eigenvalue weighted by atomic mass is 32.2. The van der Waals surface area contributed by atoms with E-state index in [9.17, 15) is 4.79 Å². The van der Waals surface area contributed by atoms with Crippen molar-refractivity contribution in [3.8, 4) is 0 Å².